The van der Waals surface area contributed by atoms with E-state index in [-0.39, 0.29) is 18.1 Å². The van der Waals surface area contributed by atoms with E-state index in [2.05, 4.69) is 30.5 Å². The highest BCUT2D eigenvalue weighted by molar-refractivity contribution is 5.74. The Kier molecular flexibility index (Phi) is 5.20. The second-order valence-corrected chi connectivity index (χ2v) is 5.93. The highest BCUT2D eigenvalue weighted by Crippen LogP contribution is 2.15. The predicted octanol–water partition coefficient (Wildman–Crippen LogP) is 1.90. The number of nitrogens with one attached hydrogen (secondary N) is 2. The van der Waals surface area contributed by atoms with Gasteiger partial charge in [-0.3, -0.25) is 4.98 Å². The van der Waals surface area contributed by atoms with Crippen LogP contribution in [-0.2, 0) is 0 Å². The Bertz CT molecular complexity index is 643. The van der Waals surface area contributed by atoms with Crippen molar-refractivity contribution < 1.29 is 4.79 Å². The molecule has 7 nitrogen and oxygen atoms in total. The average molecular weight is 326 g/mol. The Hall–Kier alpha value is -2.70. The van der Waals surface area contributed by atoms with Crippen LogP contribution in [0.3, 0.4) is 0 Å². The molecule has 1 saturated heterocycles. The lowest BCUT2D eigenvalue weighted by Crippen LogP contribution is -2.48. The van der Waals surface area contributed by atoms with Gasteiger partial charge in [-0.05, 0) is 43.5 Å². The monoisotopic (exact) mass is 326 g/mol. The minimum atomic E-state index is -0.131. The lowest BCUT2D eigenvalue weighted by molar-refractivity contribution is 0.231. The molecule has 0 bridgehead atoms. The SMILES string of the molecule is CC(NC(=O)NC1CCN(c2ncccn2)CC1)c1ccncc1. The third-order valence-electron chi connectivity index (χ3n) is 4.22. The summed E-state index contributed by atoms with van der Waals surface area (Å²) in [7, 11) is 0. The van der Waals surface area contributed by atoms with Gasteiger partial charge in [0.2, 0.25) is 5.95 Å². The van der Waals surface area contributed by atoms with Gasteiger partial charge in [0, 0.05) is 43.9 Å². The first-order chi connectivity index (χ1) is 11.7. The Morgan fingerprint density at radius 3 is 2.50 bits per heavy atom. The van der Waals surface area contributed by atoms with Crippen molar-refractivity contribution in [3.05, 3.63) is 48.5 Å². The topological polar surface area (TPSA) is 83.0 Å². The van der Waals surface area contributed by atoms with Crippen molar-refractivity contribution >= 4 is 12.0 Å². The Morgan fingerprint density at radius 2 is 1.83 bits per heavy atom. The van der Waals surface area contributed by atoms with Gasteiger partial charge in [0.05, 0.1) is 6.04 Å². The van der Waals surface area contributed by atoms with Crippen molar-refractivity contribution in [2.45, 2.75) is 31.8 Å². The van der Waals surface area contributed by atoms with Gasteiger partial charge in [-0.2, -0.15) is 0 Å². The molecule has 2 N–H and O–H groups in total. The van der Waals surface area contributed by atoms with Crippen molar-refractivity contribution in [2.24, 2.45) is 0 Å². The Balaban J connectivity index is 1.45. The van der Waals surface area contributed by atoms with E-state index < -0.39 is 0 Å². The molecule has 24 heavy (non-hydrogen) atoms. The van der Waals surface area contributed by atoms with Gasteiger partial charge in [0.15, 0.2) is 0 Å². The molecule has 7 heteroatoms. The number of rotatable bonds is 4. The molecule has 2 aromatic rings. The van der Waals surface area contributed by atoms with Crippen molar-refractivity contribution in [3.63, 3.8) is 0 Å². The summed E-state index contributed by atoms with van der Waals surface area (Å²) in [5.41, 5.74) is 1.04. The van der Waals surface area contributed by atoms with Crippen molar-refractivity contribution in [1.82, 2.24) is 25.6 Å². The van der Waals surface area contributed by atoms with Crippen LogP contribution in [0.1, 0.15) is 31.4 Å². The third kappa shape index (κ3) is 4.18. The maximum absolute atomic E-state index is 12.2. The molecule has 0 spiro atoms. The van der Waals surface area contributed by atoms with Gasteiger partial charge in [-0.1, -0.05) is 0 Å². The number of piperidine rings is 1. The van der Waals surface area contributed by atoms with Crippen LogP contribution in [-0.4, -0.2) is 40.1 Å². The molecule has 1 unspecified atom stereocenters. The quantitative estimate of drug-likeness (QED) is 0.896. The summed E-state index contributed by atoms with van der Waals surface area (Å²) >= 11 is 0. The predicted molar refractivity (Wildman–Crippen MR) is 91.6 cm³/mol. The first kappa shape index (κ1) is 16.2. The summed E-state index contributed by atoms with van der Waals surface area (Å²) in [5, 5.41) is 6.03. The van der Waals surface area contributed by atoms with Gasteiger partial charge in [0.25, 0.3) is 0 Å². The van der Waals surface area contributed by atoms with Crippen molar-refractivity contribution in [2.75, 3.05) is 18.0 Å². The molecule has 0 aliphatic carbocycles. The molecule has 0 aromatic carbocycles. The summed E-state index contributed by atoms with van der Waals surface area (Å²) in [4.78, 5) is 26.9. The number of hydrogen-bond donors (Lipinski definition) is 2. The number of hydrogen-bond acceptors (Lipinski definition) is 5. The first-order valence-electron chi connectivity index (χ1n) is 8.21. The fourth-order valence-electron chi connectivity index (χ4n) is 2.84. The van der Waals surface area contributed by atoms with Crippen LogP contribution in [0, 0.1) is 0 Å². The van der Waals surface area contributed by atoms with Crippen LogP contribution >= 0.6 is 0 Å². The fourth-order valence-corrected chi connectivity index (χ4v) is 2.84. The lowest BCUT2D eigenvalue weighted by Gasteiger charge is -2.32. The smallest absolute Gasteiger partial charge is 0.315 e. The van der Waals surface area contributed by atoms with Gasteiger partial charge >= 0.3 is 6.03 Å². The molecule has 0 saturated carbocycles. The summed E-state index contributed by atoms with van der Waals surface area (Å²) in [5.74, 6) is 0.756. The summed E-state index contributed by atoms with van der Waals surface area (Å²) in [6, 6.07) is 5.62. The van der Waals surface area contributed by atoms with E-state index in [1.165, 1.54) is 0 Å². The van der Waals surface area contributed by atoms with Gasteiger partial charge in [-0.15, -0.1) is 0 Å². The van der Waals surface area contributed by atoms with Gasteiger partial charge < -0.3 is 15.5 Å². The molecule has 3 heterocycles. The molecule has 1 fully saturated rings. The van der Waals surface area contributed by atoms with E-state index in [9.17, 15) is 4.79 Å². The molecule has 2 amide bonds. The molecule has 2 aromatic heterocycles. The summed E-state index contributed by atoms with van der Waals surface area (Å²) in [6.07, 6.45) is 8.73. The number of aromatic nitrogens is 3. The normalized spacial score (nSPS) is 16.5. The van der Waals surface area contributed by atoms with Crippen LogP contribution < -0.4 is 15.5 Å². The number of anilines is 1. The number of carbonyl (C=O) groups excluding carboxylic acids is 1. The molecular formula is C17H22N6O. The number of urea groups is 1. The van der Waals surface area contributed by atoms with Gasteiger partial charge in [-0.25, -0.2) is 14.8 Å². The zero-order chi connectivity index (χ0) is 16.8. The van der Waals surface area contributed by atoms with E-state index in [0.717, 1.165) is 37.4 Å². The van der Waals surface area contributed by atoms with E-state index in [1.54, 1.807) is 24.8 Å². The molecule has 126 valence electrons. The molecule has 3 rings (SSSR count). The number of nitrogens with zero attached hydrogens (tertiary/aromatic N) is 4. The van der Waals surface area contributed by atoms with E-state index in [0.29, 0.717) is 0 Å². The number of amides is 2. The molecule has 1 aliphatic heterocycles. The van der Waals surface area contributed by atoms with Gasteiger partial charge in [0.1, 0.15) is 0 Å². The Morgan fingerprint density at radius 1 is 1.17 bits per heavy atom. The Labute approximate surface area is 141 Å². The highest BCUT2D eigenvalue weighted by Gasteiger charge is 2.22. The maximum Gasteiger partial charge on any atom is 0.315 e. The van der Waals surface area contributed by atoms with E-state index in [1.807, 2.05) is 25.1 Å². The zero-order valence-corrected chi connectivity index (χ0v) is 13.7. The number of pyridine rings is 1. The van der Waals surface area contributed by atoms with E-state index >= 15 is 0 Å². The van der Waals surface area contributed by atoms with Crippen LogP contribution in [0.4, 0.5) is 10.7 Å². The second kappa shape index (κ2) is 7.72. The minimum absolute atomic E-state index is 0.0502. The lowest BCUT2D eigenvalue weighted by atomic mass is 10.1. The first-order valence-corrected chi connectivity index (χ1v) is 8.21. The van der Waals surface area contributed by atoms with Crippen LogP contribution in [0.5, 0.6) is 0 Å². The molecule has 1 aliphatic rings. The number of carbonyl (C=O) groups is 1. The molecule has 0 radical (unpaired) electrons. The van der Waals surface area contributed by atoms with E-state index in [4.69, 9.17) is 0 Å². The van der Waals surface area contributed by atoms with Crippen molar-refractivity contribution in [3.8, 4) is 0 Å². The molecular weight excluding hydrogens is 304 g/mol. The minimum Gasteiger partial charge on any atom is -0.341 e. The van der Waals surface area contributed by atoms with Crippen LogP contribution in [0.2, 0.25) is 0 Å². The van der Waals surface area contributed by atoms with Crippen LogP contribution in [0.25, 0.3) is 0 Å². The average Bonchev–Trinajstić information content (AvgIpc) is 2.64. The van der Waals surface area contributed by atoms with Crippen molar-refractivity contribution in [1.29, 1.82) is 0 Å². The summed E-state index contributed by atoms with van der Waals surface area (Å²) < 4.78 is 0. The van der Waals surface area contributed by atoms with Crippen LogP contribution in [0.15, 0.2) is 43.0 Å². The fraction of sp³-hybridized carbons (Fsp3) is 0.412. The zero-order valence-electron chi connectivity index (χ0n) is 13.7. The standard InChI is InChI=1S/C17H22N6O/c1-13(14-3-9-18-10-4-14)21-17(24)22-15-5-11-23(12-6-15)16-19-7-2-8-20-16/h2-4,7-10,13,15H,5-6,11-12H2,1H3,(H2,21,22,24). The third-order valence-corrected chi connectivity index (χ3v) is 4.22. The summed E-state index contributed by atoms with van der Waals surface area (Å²) in [6.45, 7) is 3.65. The molecule has 1 atom stereocenters. The highest BCUT2D eigenvalue weighted by atomic mass is 16.2. The second-order valence-electron chi connectivity index (χ2n) is 5.93. The largest absolute Gasteiger partial charge is 0.341 e. The maximum atomic E-state index is 12.2.